The highest BCUT2D eigenvalue weighted by molar-refractivity contribution is 9.10. The third-order valence-corrected chi connectivity index (χ3v) is 3.84. The monoisotopic (exact) mass is 301 g/mol. The average molecular weight is 302 g/mol. The van der Waals surface area contributed by atoms with Crippen LogP contribution >= 0.6 is 15.9 Å². The Morgan fingerprint density at radius 3 is 2.94 bits per heavy atom. The number of anilines is 1. The van der Waals surface area contributed by atoms with Crippen molar-refractivity contribution in [2.24, 2.45) is 0 Å². The summed E-state index contributed by atoms with van der Waals surface area (Å²) in [5.41, 5.74) is 0.666. The van der Waals surface area contributed by atoms with Crippen LogP contribution in [-0.4, -0.2) is 29.0 Å². The summed E-state index contributed by atoms with van der Waals surface area (Å²) in [6, 6.07) is 0.370. The number of rotatable bonds is 4. The number of methoxy groups -OCH3 is 1. The van der Waals surface area contributed by atoms with Crippen LogP contribution < -0.4 is 10.9 Å². The lowest BCUT2D eigenvalue weighted by Gasteiger charge is -2.35. The molecule has 0 bridgehead atoms. The molecule has 6 heteroatoms. The second kappa shape index (κ2) is 5.18. The lowest BCUT2D eigenvalue weighted by atomic mass is 9.89. The lowest BCUT2D eigenvalue weighted by molar-refractivity contribution is 0.0328. The first-order chi connectivity index (χ1) is 8.15. The lowest BCUT2D eigenvalue weighted by Crippen LogP contribution is -2.40. The van der Waals surface area contributed by atoms with E-state index in [2.05, 4.69) is 26.3 Å². The number of aryl methyl sites for hydroxylation is 1. The topological polar surface area (TPSA) is 56.1 Å². The minimum absolute atomic E-state index is 0.0971. The van der Waals surface area contributed by atoms with Gasteiger partial charge in [-0.05, 0) is 35.7 Å². The molecule has 0 aromatic carbocycles. The number of ether oxygens (including phenoxy) is 1. The van der Waals surface area contributed by atoms with E-state index in [0.717, 1.165) is 18.5 Å². The number of halogens is 1. The van der Waals surface area contributed by atoms with Gasteiger partial charge < -0.3 is 10.1 Å². The molecule has 1 aromatic heterocycles. The van der Waals surface area contributed by atoms with Gasteiger partial charge in [0.1, 0.15) is 4.47 Å². The summed E-state index contributed by atoms with van der Waals surface area (Å²) in [7, 11) is 1.72. The minimum atomic E-state index is -0.0971. The van der Waals surface area contributed by atoms with Gasteiger partial charge in [-0.3, -0.25) is 4.79 Å². The molecule has 0 atom stereocenters. The van der Waals surface area contributed by atoms with Gasteiger partial charge in [-0.1, -0.05) is 0 Å². The number of hydrogen-bond donors (Lipinski definition) is 1. The van der Waals surface area contributed by atoms with Crippen molar-refractivity contribution < 1.29 is 4.74 Å². The molecular formula is C11H16BrN3O2. The zero-order chi connectivity index (χ0) is 12.4. The molecule has 1 fully saturated rings. The van der Waals surface area contributed by atoms with Crippen LogP contribution in [0.1, 0.15) is 19.8 Å². The van der Waals surface area contributed by atoms with Crippen LogP contribution in [0.25, 0.3) is 0 Å². The molecule has 0 radical (unpaired) electrons. The Hall–Kier alpha value is -0.880. The van der Waals surface area contributed by atoms with Gasteiger partial charge in [0.15, 0.2) is 0 Å². The molecule has 0 unspecified atom stereocenters. The van der Waals surface area contributed by atoms with Crippen LogP contribution in [0.4, 0.5) is 5.69 Å². The molecule has 94 valence electrons. The normalized spacial score (nSPS) is 23.2. The summed E-state index contributed by atoms with van der Waals surface area (Å²) in [4.78, 5) is 11.8. The standard InChI is InChI=1S/C11H16BrN3O2/c1-3-15-11(16)10(12)9(6-13-15)14-7-4-8(5-7)17-2/h6-8,14H,3-5H2,1-2H3. The van der Waals surface area contributed by atoms with E-state index in [4.69, 9.17) is 4.74 Å². The second-order valence-electron chi connectivity index (χ2n) is 4.16. The number of nitrogens with zero attached hydrogens (tertiary/aromatic N) is 2. The first-order valence-electron chi connectivity index (χ1n) is 5.70. The zero-order valence-electron chi connectivity index (χ0n) is 9.94. The predicted molar refractivity (Wildman–Crippen MR) is 69.3 cm³/mol. The van der Waals surface area contributed by atoms with E-state index in [1.54, 1.807) is 13.3 Å². The first kappa shape index (κ1) is 12.6. The summed E-state index contributed by atoms with van der Waals surface area (Å²) in [6.07, 6.45) is 3.98. The third-order valence-electron chi connectivity index (χ3n) is 3.07. The molecule has 0 spiro atoms. The molecule has 1 N–H and O–H groups in total. The fourth-order valence-electron chi connectivity index (χ4n) is 1.89. The van der Waals surface area contributed by atoms with Gasteiger partial charge in [0.2, 0.25) is 0 Å². The van der Waals surface area contributed by atoms with Gasteiger partial charge >= 0.3 is 0 Å². The van der Waals surface area contributed by atoms with Crippen LogP contribution in [0, 0.1) is 0 Å². The Balaban J connectivity index is 2.08. The summed E-state index contributed by atoms with van der Waals surface area (Å²) >= 11 is 3.32. The molecule has 0 amide bonds. The van der Waals surface area contributed by atoms with Crippen LogP contribution in [0.15, 0.2) is 15.5 Å². The summed E-state index contributed by atoms with van der Waals surface area (Å²) in [5, 5.41) is 7.39. The molecule has 1 aliphatic carbocycles. The Labute approximate surface area is 108 Å². The minimum Gasteiger partial charge on any atom is -0.381 e. The molecule has 1 saturated carbocycles. The van der Waals surface area contributed by atoms with E-state index in [9.17, 15) is 4.79 Å². The van der Waals surface area contributed by atoms with E-state index >= 15 is 0 Å². The average Bonchev–Trinajstić information content (AvgIpc) is 2.28. The highest BCUT2D eigenvalue weighted by Crippen LogP contribution is 2.27. The maximum atomic E-state index is 11.8. The highest BCUT2D eigenvalue weighted by atomic mass is 79.9. The molecule has 17 heavy (non-hydrogen) atoms. The van der Waals surface area contributed by atoms with Gasteiger partial charge in [0.25, 0.3) is 5.56 Å². The zero-order valence-corrected chi connectivity index (χ0v) is 11.5. The Kier molecular flexibility index (Phi) is 3.83. The fraction of sp³-hybridized carbons (Fsp3) is 0.636. The summed E-state index contributed by atoms with van der Waals surface area (Å²) < 4.78 is 7.19. The molecular weight excluding hydrogens is 286 g/mol. The maximum absolute atomic E-state index is 11.8. The second-order valence-corrected chi connectivity index (χ2v) is 4.96. The van der Waals surface area contributed by atoms with Crippen molar-refractivity contribution in [3.8, 4) is 0 Å². The molecule has 2 rings (SSSR count). The molecule has 1 aromatic rings. The van der Waals surface area contributed by atoms with Crippen molar-refractivity contribution >= 4 is 21.6 Å². The summed E-state index contributed by atoms with van der Waals surface area (Å²) in [5.74, 6) is 0. The van der Waals surface area contributed by atoms with Gasteiger partial charge in [-0.25, -0.2) is 4.68 Å². The van der Waals surface area contributed by atoms with Gasteiger partial charge in [-0.15, -0.1) is 0 Å². The van der Waals surface area contributed by atoms with Gasteiger partial charge in [0.05, 0.1) is 18.0 Å². The van der Waals surface area contributed by atoms with Crippen molar-refractivity contribution in [3.05, 3.63) is 21.0 Å². The van der Waals surface area contributed by atoms with Gasteiger partial charge in [-0.2, -0.15) is 5.10 Å². The van der Waals surface area contributed by atoms with Crippen molar-refractivity contribution in [2.45, 2.75) is 38.5 Å². The Bertz CT molecular complexity index is 455. The highest BCUT2D eigenvalue weighted by Gasteiger charge is 2.29. The van der Waals surface area contributed by atoms with Gasteiger partial charge in [0, 0.05) is 19.7 Å². The first-order valence-corrected chi connectivity index (χ1v) is 6.50. The summed E-state index contributed by atoms with van der Waals surface area (Å²) in [6.45, 7) is 2.47. The number of nitrogens with one attached hydrogen (secondary N) is 1. The van der Waals surface area contributed by atoms with E-state index in [0.29, 0.717) is 23.2 Å². The van der Waals surface area contributed by atoms with Crippen molar-refractivity contribution in [1.29, 1.82) is 0 Å². The SMILES string of the molecule is CCn1ncc(NC2CC(OC)C2)c(Br)c1=O. The Morgan fingerprint density at radius 2 is 2.35 bits per heavy atom. The van der Waals surface area contributed by atoms with E-state index in [1.807, 2.05) is 6.92 Å². The van der Waals surface area contributed by atoms with E-state index < -0.39 is 0 Å². The predicted octanol–water partition coefficient (Wildman–Crippen LogP) is 1.61. The Morgan fingerprint density at radius 1 is 1.65 bits per heavy atom. The molecule has 0 saturated heterocycles. The third kappa shape index (κ3) is 2.52. The van der Waals surface area contributed by atoms with Crippen LogP contribution in [0.3, 0.4) is 0 Å². The van der Waals surface area contributed by atoms with Crippen LogP contribution in [-0.2, 0) is 11.3 Å². The molecule has 5 nitrogen and oxygen atoms in total. The van der Waals surface area contributed by atoms with E-state index in [-0.39, 0.29) is 5.56 Å². The van der Waals surface area contributed by atoms with Crippen LogP contribution in [0.5, 0.6) is 0 Å². The van der Waals surface area contributed by atoms with Crippen molar-refractivity contribution in [1.82, 2.24) is 9.78 Å². The largest absolute Gasteiger partial charge is 0.381 e. The molecule has 0 aliphatic heterocycles. The molecule has 1 heterocycles. The smallest absolute Gasteiger partial charge is 0.283 e. The molecule has 1 aliphatic rings. The number of hydrogen-bond acceptors (Lipinski definition) is 4. The van der Waals surface area contributed by atoms with E-state index in [1.165, 1.54) is 4.68 Å². The maximum Gasteiger partial charge on any atom is 0.283 e. The fourth-order valence-corrected chi connectivity index (χ4v) is 2.31. The number of aromatic nitrogens is 2. The quantitative estimate of drug-likeness (QED) is 0.918. The van der Waals surface area contributed by atoms with Crippen LogP contribution in [0.2, 0.25) is 0 Å². The van der Waals surface area contributed by atoms with Crippen molar-refractivity contribution in [2.75, 3.05) is 12.4 Å². The van der Waals surface area contributed by atoms with Crippen molar-refractivity contribution in [3.63, 3.8) is 0 Å².